The van der Waals surface area contributed by atoms with Crippen LogP contribution in [0.3, 0.4) is 0 Å². The molecule has 18 heavy (non-hydrogen) atoms. The molecule has 3 heteroatoms. The molecule has 3 unspecified atom stereocenters. The summed E-state index contributed by atoms with van der Waals surface area (Å²) >= 11 is 6.11. The number of benzene rings is 1. The van der Waals surface area contributed by atoms with Gasteiger partial charge in [-0.15, -0.1) is 0 Å². The van der Waals surface area contributed by atoms with Crippen LogP contribution in [-0.4, -0.2) is 11.1 Å². The van der Waals surface area contributed by atoms with E-state index in [-0.39, 0.29) is 5.75 Å². The maximum absolute atomic E-state index is 9.80. The van der Waals surface area contributed by atoms with Gasteiger partial charge in [-0.3, -0.25) is 0 Å². The van der Waals surface area contributed by atoms with Crippen molar-refractivity contribution in [3.63, 3.8) is 0 Å². The lowest BCUT2D eigenvalue weighted by molar-refractivity contribution is 0.226. The number of aromatic hydroxyl groups is 1. The number of phenolic OH excluding ortho intramolecular Hbond substituents is 1. The molecule has 1 aliphatic carbocycles. The molecule has 1 aromatic rings. The predicted octanol–water partition coefficient (Wildman–Crippen LogP) is 3.96. The van der Waals surface area contributed by atoms with Crippen molar-refractivity contribution in [3.8, 4) is 5.75 Å². The minimum atomic E-state index is 0.284. The molecule has 2 N–H and O–H groups in total. The normalized spacial score (nSPS) is 28.3. The number of rotatable bonds is 3. The van der Waals surface area contributed by atoms with E-state index in [1.54, 1.807) is 12.1 Å². The number of nitrogens with one attached hydrogen (secondary N) is 1. The standard InChI is InChI=1S/C15H22ClNO/c1-10-6-7-14(11(2)8-10)17-9-12-13(16)4-3-5-15(12)18/h3-5,10-11,14,17-18H,6-9H2,1-2H3. The van der Waals surface area contributed by atoms with Crippen LogP contribution in [0.15, 0.2) is 18.2 Å². The lowest BCUT2D eigenvalue weighted by Crippen LogP contribution is -2.38. The molecule has 1 aromatic carbocycles. The summed E-state index contributed by atoms with van der Waals surface area (Å²) in [7, 11) is 0. The highest BCUT2D eigenvalue weighted by Crippen LogP contribution is 2.30. The van der Waals surface area contributed by atoms with Crippen LogP contribution < -0.4 is 5.32 Å². The third-order valence-electron chi connectivity index (χ3n) is 4.07. The zero-order chi connectivity index (χ0) is 13.1. The van der Waals surface area contributed by atoms with Gasteiger partial charge in [0.2, 0.25) is 0 Å². The van der Waals surface area contributed by atoms with Crippen molar-refractivity contribution < 1.29 is 5.11 Å². The Morgan fingerprint density at radius 3 is 2.78 bits per heavy atom. The first-order chi connectivity index (χ1) is 8.58. The van der Waals surface area contributed by atoms with Gasteiger partial charge in [0.1, 0.15) is 5.75 Å². The molecule has 2 nitrogen and oxygen atoms in total. The van der Waals surface area contributed by atoms with Crippen molar-refractivity contribution >= 4 is 11.6 Å². The quantitative estimate of drug-likeness (QED) is 0.869. The summed E-state index contributed by atoms with van der Waals surface area (Å²) in [5.41, 5.74) is 0.810. The van der Waals surface area contributed by atoms with E-state index < -0.39 is 0 Å². The summed E-state index contributed by atoms with van der Waals surface area (Å²) in [4.78, 5) is 0. The Balaban J connectivity index is 1.95. The van der Waals surface area contributed by atoms with Crippen LogP contribution in [-0.2, 0) is 6.54 Å². The molecule has 1 saturated carbocycles. The summed E-state index contributed by atoms with van der Waals surface area (Å²) in [6.45, 7) is 5.28. The summed E-state index contributed by atoms with van der Waals surface area (Å²) in [5, 5.41) is 14.0. The van der Waals surface area contributed by atoms with Crippen LogP contribution in [0.25, 0.3) is 0 Å². The Morgan fingerprint density at radius 1 is 1.33 bits per heavy atom. The Bertz CT molecular complexity index is 387. The van der Waals surface area contributed by atoms with E-state index in [2.05, 4.69) is 19.2 Å². The van der Waals surface area contributed by atoms with E-state index in [1.165, 1.54) is 19.3 Å². The molecular formula is C15H22ClNO. The second-order valence-corrected chi connectivity index (χ2v) is 6.03. The molecule has 1 fully saturated rings. The maximum Gasteiger partial charge on any atom is 0.121 e. The Hall–Kier alpha value is -0.730. The Morgan fingerprint density at radius 2 is 2.11 bits per heavy atom. The first kappa shape index (κ1) is 13.7. The lowest BCUT2D eigenvalue weighted by Gasteiger charge is -2.33. The van der Waals surface area contributed by atoms with Crippen LogP contribution in [0.4, 0.5) is 0 Å². The summed E-state index contributed by atoms with van der Waals surface area (Å²) in [6.07, 6.45) is 3.79. The van der Waals surface area contributed by atoms with Crippen molar-refractivity contribution in [1.82, 2.24) is 5.32 Å². The van der Waals surface area contributed by atoms with Crippen LogP contribution in [0.5, 0.6) is 5.75 Å². The van der Waals surface area contributed by atoms with Gasteiger partial charge in [0.15, 0.2) is 0 Å². The molecule has 0 saturated heterocycles. The van der Waals surface area contributed by atoms with Gasteiger partial charge in [-0.05, 0) is 43.2 Å². The topological polar surface area (TPSA) is 32.3 Å². The van der Waals surface area contributed by atoms with Gasteiger partial charge in [0.05, 0.1) is 0 Å². The molecule has 0 aliphatic heterocycles. The monoisotopic (exact) mass is 267 g/mol. The second-order valence-electron chi connectivity index (χ2n) is 5.62. The van der Waals surface area contributed by atoms with Crippen molar-refractivity contribution in [2.45, 2.75) is 45.7 Å². The fourth-order valence-corrected chi connectivity index (χ4v) is 3.16. The average molecular weight is 268 g/mol. The van der Waals surface area contributed by atoms with Crippen molar-refractivity contribution in [1.29, 1.82) is 0 Å². The minimum absolute atomic E-state index is 0.284. The fourth-order valence-electron chi connectivity index (χ4n) is 2.92. The maximum atomic E-state index is 9.80. The van der Waals surface area contributed by atoms with Gasteiger partial charge in [0, 0.05) is 23.2 Å². The van der Waals surface area contributed by atoms with Gasteiger partial charge in [-0.1, -0.05) is 31.5 Å². The van der Waals surface area contributed by atoms with Crippen molar-refractivity contribution in [2.75, 3.05) is 0 Å². The van der Waals surface area contributed by atoms with Crippen LogP contribution in [0.1, 0.15) is 38.7 Å². The SMILES string of the molecule is CC1CCC(NCc2c(O)cccc2Cl)C(C)C1. The zero-order valence-electron chi connectivity index (χ0n) is 11.1. The smallest absolute Gasteiger partial charge is 0.121 e. The number of hydrogen-bond acceptors (Lipinski definition) is 2. The van der Waals surface area contributed by atoms with E-state index in [9.17, 15) is 5.11 Å². The molecule has 0 spiro atoms. The van der Waals surface area contributed by atoms with E-state index in [1.807, 2.05) is 6.07 Å². The highest BCUT2D eigenvalue weighted by molar-refractivity contribution is 6.31. The zero-order valence-corrected chi connectivity index (χ0v) is 11.9. The van der Waals surface area contributed by atoms with E-state index >= 15 is 0 Å². The molecule has 2 rings (SSSR count). The average Bonchev–Trinajstić information content (AvgIpc) is 2.31. The molecule has 3 atom stereocenters. The lowest BCUT2D eigenvalue weighted by atomic mass is 9.80. The van der Waals surface area contributed by atoms with E-state index in [0.717, 1.165) is 11.5 Å². The van der Waals surface area contributed by atoms with Gasteiger partial charge in [-0.2, -0.15) is 0 Å². The predicted molar refractivity (Wildman–Crippen MR) is 75.9 cm³/mol. The molecule has 1 aliphatic rings. The summed E-state index contributed by atoms with van der Waals surface area (Å²) < 4.78 is 0. The third kappa shape index (κ3) is 3.18. The van der Waals surface area contributed by atoms with Gasteiger partial charge in [-0.25, -0.2) is 0 Å². The van der Waals surface area contributed by atoms with Gasteiger partial charge in [0.25, 0.3) is 0 Å². The van der Waals surface area contributed by atoms with Crippen LogP contribution in [0.2, 0.25) is 5.02 Å². The largest absolute Gasteiger partial charge is 0.508 e. The first-order valence-electron chi connectivity index (χ1n) is 6.77. The van der Waals surface area contributed by atoms with Crippen LogP contribution in [0, 0.1) is 11.8 Å². The Kier molecular flexibility index (Phi) is 4.52. The van der Waals surface area contributed by atoms with Crippen molar-refractivity contribution in [3.05, 3.63) is 28.8 Å². The number of phenols is 1. The third-order valence-corrected chi connectivity index (χ3v) is 4.42. The summed E-state index contributed by atoms with van der Waals surface area (Å²) in [5.74, 6) is 1.82. The van der Waals surface area contributed by atoms with Crippen LogP contribution >= 0.6 is 11.6 Å². The van der Waals surface area contributed by atoms with E-state index in [4.69, 9.17) is 11.6 Å². The van der Waals surface area contributed by atoms with Gasteiger partial charge < -0.3 is 10.4 Å². The Labute approximate surface area is 114 Å². The number of hydrogen-bond donors (Lipinski definition) is 2. The fraction of sp³-hybridized carbons (Fsp3) is 0.600. The number of halogens is 1. The first-order valence-corrected chi connectivity index (χ1v) is 7.15. The van der Waals surface area contributed by atoms with Gasteiger partial charge >= 0.3 is 0 Å². The molecule has 0 aromatic heterocycles. The molecule has 100 valence electrons. The molecular weight excluding hydrogens is 246 g/mol. The molecule has 0 heterocycles. The molecule has 0 radical (unpaired) electrons. The highest BCUT2D eigenvalue weighted by Gasteiger charge is 2.25. The van der Waals surface area contributed by atoms with Crippen molar-refractivity contribution in [2.24, 2.45) is 11.8 Å². The minimum Gasteiger partial charge on any atom is -0.508 e. The summed E-state index contributed by atoms with van der Waals surface area (Å²) in [6, 6.07) is 5.82. The molecule has 0 bridgehead atoms. The second kappa shape index (κ2) is 5.94. The molecule has 0 amide bonds. The van der Waals surface area contributed by atoms with E-state index in [0.29, 0.717) is 23.5 Å². The highest BCUT2D eigenvalue weighted by atomic mass is 35.5.